The lowest BCUT2D eigenvalue weighted by Gasteiger charge is -2.32. The highest BCUT2D eigenvalue weighted by Gasteiger charge is 2.52. The maximum Gasteiger partial charge on any atom is 0.496 e. The van der Waals surface area contributed by atoms with Gasteiger partial charge >= 0.3 is 7.12 Å². The number of halogens is 1. The van der Waals surface area contributed by atoms with Crippen LogP contribution in [0.5, 0.6) is 0 Å². The van der Waals surface area contributed by atoms with E-state index in [9.17, 15) is 9.13 Å². The fourth-order valence-corrected chi connectivity index (χ4v) is 19.8. The van der Waals surface area contributed by atoms with Crippen LogP contribution in [-0.4, -0.2) is 18.3 Å². The summed E-state index contributed by atoms with van der Waals surface area (Å²) in [7, 11) is -6.30. The fraction of sp³-hybridized carbons (Fsp3) is 0.0667. The molecule has 1 saturated heterocycles. The lowest BCUT2D eigenvalue weighted by Crippen LogP contribution is -2.41. The van der Waals surface area contributed by atoms with Crippen LogP contribution < -0.4 is 37.3 Å². The second-order valence-corrected chi connectivity index (χ2v) is 32.4. The Hall–Kier alpha value is -10.00. The summed E-state index contributed by atoms with van der Waals surface area (Å²) in [6, 6.07) is 121. The Morgan fingerprint density at radius 1 is 0.265 bits per heavy atom. The van der Waals surface area contributed by atoms with E-state index in [1.165, 1.54) is 92.5 Å². The Morgan fingerprint density at radius 2 is 0.520 bits per heavy atom. The van der Waals surface area contributed by atoms with Crippen molar-refractivity contribution in [2.24, 2.45) is 0 Å². The SMILES string of the molecule is CC1(C)OB(c2c3ccccc3c(-c3cccc4ccccc34)c3ccccc23)OC1(C)C.O=P(c1ccccc1)(c1ccccc1)c1ccc(-c2c3ccccc3c(-c3cccc4ccccc34)c3ccccc23)cc1.O=P(c1ccccc1)(c1ccccc1)c1ccc(Br)cc1. The van der Waals surface area contributed by atoms with Gasteiger partial charge in [0.05, 0.1) is 11.2 Å². The van der Waals surface area contributed by atoms with Crippen LogP contribution >= 0.6 is 30.2 Å². The van der Waals surface area contributed by atoms with Crippen LogP contribution in [0.2, 0.25) is 0 Å². The number of benzene rings is 16. The molecule has 4 nitrogen and oxygen atoms in total. The Morgan fingerprint density at radius 3 is 0.867 bits per heavy atom. The summed E-state index contributed by atoms with van der Waals surface area (Å²) in [5, 5.41) is 19.7. The van der Waals surface area contributed by atoms with Crippen molar-refractivity contribution in [3.05, 3.63) is 356 Å². The molecule has 0 atom stereocenters. The first-order chi connectivity index (χ1) is 47.8. The number of rotatable bonds is 10. The highest BCUT2D eigenvalue weighted by atomic mass is 79.9. The number of fused-ring (bicyclic) bond motifs is 6. The molecule has 0 N–H and O–H groups in total. The zero-order valence-electron chi connectivity index (χ0n) is 55.0. The number of hydrogen-bond donors (Lipinski definition) is 0. The second-order valence-electron chi connectivity index (χ2n) is 25.9. The molecule has 0 bridgehead atoms. The molecule has 474 valence electrons. The first-order valence-electron chi connectivity index (χ1n) is 33.3. The summed E-state index contributed by atoms with van der Waals surface area (Å²) in [6.45, 7) is 8.45. The average Bonchev–Trinajstić information content (AvgIpc) is 1.12. The summed E-state index contributed by atoms with van der Waals surface area (Å²) in [5.74, 6) is 0. The van der Waals surface area contributed by atoms with Crippen LogP contribution in [0.1, 0.15) is 27.7 Å². The standard InChI is InChI=1S/C42H29OP.C30H27BO2.C18H14BrOP/c43-44(32-16-3-1-4-17-32,33-18-5-2-6-19-33)34-28-26-31(27-29-34)41-37-21-9-11-23-39(37)42(40-24-12-10-22-38(40)41)36-25-13-15-30-14-7-8-20-35(30)36;1-29(2)30(3,4)33-31(32-29)28-25-17-9-7-15-23(25)27(24-16-8-10-18-26(24)28)22-19-11-13-20-12-5-6-14-21(20)22;19-15-11-13-18(14-12-15)21(20,16-7-3-1-4-8-16)17-9-5-2-6-10-17/h1-29H;5-19H,1-4H3;1-14H. The third kappa shape index (κ3) is 11.6. The molecular weight excluding hydrogens is 1300 g/mol. The van der Waals surface area contributed by atoms with Crippen molar-refractivity contribution >= 4 is 139 Å². The Bertz CT molecular complexity index is 5480. The Balaban J connectivity index is 0.000000128. The van der Waals surface area contributed by atoms with Crippen LogP contribution in [0.3, 0.4) is 0 Å². The predicted molar refractivity (Wildman–Crippen MR) is 423 cm³/mol. The maximum atomic E-state index is 15.0. The van der Waals surface area contributed by atoms with E-state index in [0.29, 0.717) is 0 Å². The molecular formula is C90H70BBrO4P2. The van der Waals surface area contributed by atoms with Crippen LogP contribution in [0.4, 0.5) is 0 Å². The molecule has 16 aromatic rings. The van der Waals surface area contributed by atoms with Gasteiger partial charge in [0, 0.05) is 36.3 Å². The summed E-state index contributed by atoms with van der Waals surface area (Å²) in [5.41, 5.74) is 7.64. The molecule has 0 spiro atoms. The van der Waals surface area contributed by atoms with Crippen molar-refractivity contribution in [3.63, 3.8) is 0 Å². The highest BCUT2D eigenvalue weighted by molar-refractivity contribution is 9.10. The van der Waals surface area contributed by atoms with E-state index < -0.39 is 32.6 Å². The lowest BCUT2D eigenvalue weighted by atomic mass is 9.71. The van der Waals surface area contributed by atoms with Gasteiger partial charge < -0.3 is 18.4 Å². The van der Waals surface area contributed by atoms with E-state index in [1.807, 2.05) is 146 Å². The van der Waals surface area contributed by atoms with Gasteiger partial charge in [0.25, 0.3) is 0 Å². The topological polar surface area (TPSA) is 52.6 Å². The van der Waals surface area contributed by atoms with E-state index >= 15 is 0 Å². The van der Waals surface area contributed by atoms with Crippen LogP contribution in [0.15, 0.2) is 356 Å². The minimum Gasteiger partial charge on any atom is -0.399 e. The highest BCUT2D eigenvalue weighted by Crippen LogP contribution is 2.49. The normalized spacial score (nSPS) is 13.5. The molecule has 0 saturated carbocycles. The first-order valence-corrected chi connectivity index (χ1v) is 37.5. The summed E-state index contributed by atoms with van der Waals surface area (Å²) in [6.07, 6.45) is 0. The van der Waals surface area contributed by atoms with Crippen LogP contribution in [0.25, 0.3) is 98.0 Å². The van der Waals surface area contributed by atoms with Gasteiger partial charge in [0.15, 0.2) is 14.3 Å². The molecule has 17 rings (SSSR count). The van der Waals surface area contributed by atoms with Gasteiger partial charge in [-0.2, -0.15) is 0 Å². The average molecular weight is 1370 g/mol. The molecule has 98 heavy (non-hydrogen) atoms. The molecule has 1 fully saturated rings. The van der Waals surface area contributed by atoms with E-state index in [1.54, 1.807) is 0 Å². The first kappa shape index (κ1) is 64.0. The molecule has 0 aliphatic carbocycles. The van der Waals surface area contributed by atoms with Crippen molar-refractivity contribution in [1.29, 1.82) is 0 Å². The minimum absolute atomic E-state index is 0.395. The van der Waals surface area contributed by atoms with Gasteiger partial charge in [0.2, 0.25) is 0 Å². The van der Waals surface area contributed by atoms with E-state index in [-0.39, 0.29) is 0 Å². The molecule has 0 amide bonds. The maximum absolute atomic E-state index is 15.0. The quantitative estimate of drug-likeness (QED) is 0.0778. The number of hydrogen-bond acceptors (Lipinski definition) is 4. The zero-order chi connectivity index (χ0) is 67.0. The van der Waals surface area contributed by atoms with Crippen molar-refractivity contribution in [3.8, 4) is 33.4 Å². The van der Waals surface area contributed by atoms with Crippen molar-refractivity contribution < 1.29 is 18.4 Å². The predicted octanol–water partition coefficient (Wildman–Crippen LogP) is 21.3. The van der Waals surface area contributed by atoms with Crippen molar-refractivity contribution in [2.45, 2.75) is 38.9 Å². The molecule has 1 heterocycles. The monoisotopic (exact) mass is 1370 g/mol. The van der Waals surface area contributed by atoms with Crippen LogP contribution in [0, 0.1) is 0 Å². The van der Waals surface area contributed by atoms with Gasteiger partial charge in [-0.1, -0.05) is 344 Å². The molecule has 1 aliphatic rings. The van der Waals surface area contributed by atoms with Gasteiger partial charge in [-0.3, -0.25) is 0 Å². The molecule has 0 aromatic heterocycles. The molecule has 0 unspecified atom stereocenters. The smallest absolute Gasteiger partial charge is 0.399 e. The van der Waals surface area contributed by atoms with E-state index in [0.717, 1.165) is 47.3 Å². The van der Waals surface area contributed by atoms with E-state index in [4.69, 9.17) is 9.31 Å². The third-order valence-corrected chi connectivity index (χ3v) is 26.4. The van der Waals surface area contributed by atoms with E-state index in [2.05, 4.69) is 250 Å². The van der Waals surface area contributed by atoms with Crippen molar-refractivity contribution in [2.75, 3.05) is 0 Å². The molecule has 0 radical (unpaired) electrons. The Kier molecular flexibility index (Phi) is 17.5. The Labute approximate surface area is 582 Å². The fourth-order valence-electron chi connectivity index (χ4n) is 14.2. The zero-order valence-corrected chi connectivity index (χ0v) is 58.3. The summed E-state index contributed by atoms with van der Waals surface area (Å²) >= 11 is 3.43. The molecule has 16 aromatic carbocycles. The largest absolute Gasteiger partial charge is 0.496 e. The minimum atomic E-state index is -3.06. The summed E-state index contributed by atoms with van der Waals surface area (Å²) in [4.78, 5) is 0. The van der Waals surface area contributed by atoms with Gasteiger partial charge in [0.1, 0.15) is 0 Å². The van der Waals surface area contributed by atoms with Gasteiger partial charge in [-0.15, -0.1) is 0 Å². The molecule has 8 heteroatoms. The van der Waals surface area contributed by atoms with Gasteiger partial charge in [-0.25, -0.2) is 0 Å². The second kappa shape index (κ2) is 26.8. The third-order valence-electron chi connectivity index (χ3n) is 19.7. The van der Waals surface area contributed by atoms with Crippen molar-refractivity contribution in [1.82, 2.24) is 0 Å². The van der Waals surface area contributed by atoms with Gasteiger partial charge in [-0.05, 0) is 155 Å². The molecule has 1 aliphatic heterocycles. The van der Waals surface area contributed by atoms with Crippen LogP contribution in [-0.2, 0) is 18.4 Å². The summed E-state index contributed by atoms with van der Waals surface area (Å²) < 4.78 is 43.0. The lowest BCUT2D eigenvalue weighted by molar-refractivity contribution is 0.00578.